The van der Waals surface area contributed by atoms with Crippen LogP contribution in [0.1, 0.15) is 31.3 Å². The maximum absolute atomic E-state index is 13.2. The third kappa shape index (κ3) is 3.03. The van der Waals surface area contributed by atoms with Crippen LogP contribution in [0.25, 0.3) is 22.4 Å². The molecule has 0 unspecified atom stereocenters. The van der Waals surface area contributed by atoms with E-state index in [1.54, 1.807) is 4.68 Å². The number of aromatic nitrogens is 2. The van der Waals surface area contributed by atoms with Crippen molar-refractivity contribution in [3.05, 3.63) is 64.3 Å². The van der Waals surface area contributed by atoms with Crippen molar-refractivity contribution in [2.24, 2.45) is 0 Å². The van der Waals surface area contributed by atoms with E-state index in [1.165, 1.54) is 0 Å². The minimum Gasteiger partial charge on any atom is -0.313 e. The van der Waals surface area contributed by atoms with Crippen LogP contribution in [0.15, 0.2) is 48.5 Å². The van der Waals surface area contributed by atoms with E-state index >= 15 is 0 Å². The largest absolute Gasteiger partial charge is 0.313 e. The van der Waals surface area contributed by atoms with Crippen LogP contribution in [0.4, 0.5) is 0 Å². The van der Waals surface area contributed by atoms with Gasteiger partial charge in [-0.3, -0.25) is 4.79 Å². The van der Waals surface area contributed by atoms with E-state index in [-0.39, 0.29) is 11.4 Å². The Morgan fingerprint density at radius 2 is 1.67 bits per heavy atom. The first-order valence-corrected chi connectivity index (χ1v) is 9.46. The summed E-state index contributed by atoms with van der Waals surface area (Å²) in [5.41, 5.74) is 3.49. The molecule has 3 aromatic rings. The molecule has 4 rings (SSSR count). The quantitative estimate of drug-likeness (QED) is 0.551. The SMILES string of the molecule is CC(C)(C)N1Cn2nc(-c3ccccc3Cl)c(-c3ccc(Cl)cc3)c2C1=O. The van der Waals surface area contributed by atoms with Crippen LogP contribution >= 0.6 is 23.2 Å². The highest BCUT2D eigenvalue weighted by molar-refractivity contribution is 6.33. The maximum Gasteiger partial charge on any atom is 0.274 e. The fourth-order valence-electron chi connectivity index (χ4n) is 3.36. The van der Waals surface area contributed by atoms with Crippen LogP contribution in [-0.4, -0.2) is 26.1 Å². The van der Waals surface area contributed by atoms with Crippen LogP contribution in [0, 0.1) is 0 Å². The molecule has 0 fully saturated rings. The minimum atomic E-state index is -0.292. The Bertz CT molecular complexity index is 1030. The van der Waals surface area contributed by atoms with E-state index in [1.807, 2.05) is 74.2 Å². The van der Waals surface area contributed by atoms with Gasteiger partial charge in [-0.1, -0.05) is 53.5 Å². The molecule has 138 valence electrons. The molecule has 1 aliphatic heterocycles. The molecule has 27 heavy (non-hydrogen) atoms. The minimum absolute atomic E-state index is 0.0294. The van der Waals surface area contributed by atoms with Gasteiger partial charge in [0, 0.05) is 21.7 Å². The second-order valence-electron chi connectivity index (χ2n) is 7.60. The van der Waals surface area contributed by atoms with Crippen molar-refractivity contribution in [3.8, 4) is 22.4 Å². The zero-order valence-corrected chi connectivity index (χ0v) is 16.8. The number of halogens is 2. The van der Waals surface area contributed by atoms with Gasteiger partial charge in [0.1, 0.15) is 18.1 Å². The molecule has 0 spiro atoms. The van der Waals surface area contributed by atoms with Gasteiger partial charge in [0.2, 0.25) is 0 Å². The van der Waals surface area contributed by atoms with Crippen molar-refractivity contribution in [2.75, 3.05) is 0 Å². The number of carbonyl (C=O) groups is 1. The molecular formula is C21H19Cl2N3O. The van der Waals surface area contributed by atoms with E-state index < -0.39 is 0 Å². The molecule has 1 amide bonds. The first kappa shape index (κ1) is 18.1. The Hall–Kier alpha value is -2.30. The zero-order valence-electron chi connectivity index (χ0n) is 15.3. The summed E-state index contributed by atoms with van der Waals surface area (Å²) >= 11 is 12.5. The summed E-state index contributed by atoms with van der Waals surface area (Å²) in [7, 11) is 0. The van der Waals surface area contributed by atoms with E-state index in [0.29, 0.717) is 28.1 Å². The van der Waals surface area contributed by atoms with Crippen LogP contribution in [0.3, 0.4) is 0 Å². The number of hydrogen-bond acceptors (Lipinski definition) is 2. The van der Waals surface area contributed by atoms with E-state index in [2.05, 4.69) is 0 Å². The molecule has 0 saturated heterocycles. The lowest BCUT2D eigenvalue weighted by molar-refractivity contribution is 0.0576. The Morgan fingerprint density at radius 1 is 1.00 bits per heavy atom. The Labute approximate surface area is 168 Å². The molecule has 0 bridgehead atoms. The molecule has 0 aliphatic carbocycles. The Morgan fingerprint density at radius 3 is 2.30 bits per heavy atom. The molecule has 0 atom stereocenters. The van der Waals surface area contributed by atoms with Gasteiger partial charge in [-0.05, 0) is 44.5 Å². The van der Waals surface area contributed by atoms with E-state index in [4.69, 9.17) is 28.3 Å². The second kappa shape index (κ2) is 6.39. The molecule has 4 nitrogen and oxygen atoms in total. The van der Waals surface area contributed by atoms with E-state index in [9.17, 15) is 4.79 Å². The highest BCUT2D eigenvalue weighted by Crippen LogP contribution is 2.41. The second-order valence-corrected chi connectivity index (χ2v) is 8.45. The maximum atomic E-state index is 13.2. The molecule has 2 aromatic carbocycles. The summed E-state index contributed by atoms with van der Waals surface area (Å²) in [5.74, 6) is -0.0294. The summed E-state index contributed by atoms with van der Waals surface area (Å²) in [6.07, 6.45) is 0. The highest BCUT2D eigenvalue weighted by Gasteiger charge is 2.39. The van der Waals surface area contributed by atoms with Crippen LogP contribution in [0.5, 0.6) is 0 Å². The van der Waals surface area contributed by atoms with Crippen molar-refractivity contribution in [1.82, 2.24) is 14.7 Å². The number of fused-ring (bicyclic) bond motifs is 1. The van der Waals surface area contributed by atoms with Crippen LogP contribution in [-0.2, 0) is 6.67 Å². The topological polar surface area (TPSA) is 38.1 Å². The third-order valence-corrected chi connectivity index (χ3v) is 5.33. The summed E-state index contributed by atoms with van der Waals surface area (Å²) in [6.45, 7) is 6.49. The lowest BCUT2D eigenvalue weighted by atomic mass is 9.98. The Balaban J connectivity index is 1.96. The molecule has 0 radical (unpaired) electrons. The fraction of sp³-hybridized carbons (Fsp3) is 0.238. The molecule has 2 heterocycles. The van der Waals surface area contributed by atoms with Gasteiger partial charge < -0.3 is 4.90 Å². The zero-order chi connectivity index (χ0) is 19.3. The molecular weight excluding hydrogens is 381 g/mol. The van der Waals surface area contributed by atoms with Gasteiger partial charge in [0.05, 0.1) is 5.02 Å². The summed E-state index contributed by atoms with van der Waals surface area (Å²) in [6, 6.07) is 15.0. The van der Waals surface area contributed by atoms with Crippen LogP contribution < -0.4 is 0 Å². The average molecular weight is 400 g/mol. The smallest absolute Gasteiger partial charge is 0.274 e. The van der Waals surface area contributed by atoms with Gasteiger partial charge in [-0.2, -0.15) is 5.10 Å². The average Bonchev–Trinajstić information content (AvgIpc) is 3.13. The third-order valence-electron chi connectivity index (χ3n) is 4.75. The number of benzene rings is 2. The van der Waals surface area contributed by atoms with Crippen molar-refractivity contribution >= 4 is 29.1 Å². The van der Waals surface area contributed by atoms with Gasteiger partial charge in [0.15, 0.2) is 0 Å². The number of carbonyl (C=O) groups excluding carboxylic acids is 1. The van der Waals surface area contributed by atoms with Gasteiger partial charge in [-0.25, -0.2) is 4.68 Å². The molecule has 1 aliphatic rings. The summed E-state index contributed by atoms with van der Waals surface area (Å²) in [5, 5.41) is 6.02. The highest BCUT2D eigenvalue weighted by atomic mass is 35.5. The number of rotatable bonds is 2. The summed E-state index contributed by atoms with van der Waals surface area (Å²) in [4.78, 5) is 15.1. The van der Waals surface area contributed by atoms with Gasteiger partial charge in [0.25, 0.3) is 5.91 Å². The molecule has 0 N–H and O–H groups in total. The van der Waals surface area contributed by atoms with Crippen molar-refractivity contribution in [1.29, 1.82) is 0 Å². The lowest BCUT2D eigenvalue weighted by Crippen LogP contribution is -2.41. The number of nitrogens with zero attached hydrogens (tertiary/aromatic N) is 3. The predicted octanol–water partition coefficient (Wildman–Crippen LogP) is 5.74. The predicted molar refractivity (Wildman–Crippen MR) is 109 cm³/mol. The fourth-order valence-corrected chi connectivity index (χ4v) is 3.71. The molecule has 0 saturated carbocycles. The lowest BCUT2D eigenvalue weighted by Gasteiger charge is -2.31. The van der Waals surface area contributed by atoms with Crippen molar-refractivity contribution in [3.63, 3.8) is 0 Å². The van der Waals surface area contributed by atoms with Gasteiger partial charge in [-0.15, -0.1) is 0 Å². The number of hydrogen-bond donors (Lipinski definition) is 0. The summed E-state index contributed by atoms with van der Waals surface area (Å²) < 4.78 is 1.77. The van der Waals surface area contributed by atoms with Crippen molar-refractivity contribution in [2.45, 2.75) is 33.0 Å². The first-order valence-electron chi connectivity index (χ1n) is 8.71. The number of amides is 1. The molecule has 1 aromatic heterocycles. The van der Waals surface area contributed by atoms with E-state index in [0.717, 1.165) is 16.7 Å². The van der Waals surface area contributed by atoms with Crippen LogP contribution in [0.2, 0.25) is 10.0 Å². The monoisotopic (exact) mass is 399 g/mol. The Kier molecular flexibility index (Phi) is 4.28. The standard InChI is InChI=1S/C21H19Cl2N3O/c1-21(2,3)25-12-26-19(20(25)27)17(13-8-10-14(22)11-9-13)18(24-26)15-6-4-5-7-16(15)23/h4-11H,12H2,1-3H3. The first-order chi connectivity index (χ1) is 12.8. The van der Waals surface area contributed by atoms with Gasteiger partial charge >= 0.3 is 0 Å². The normalized spacial score (nSPS) is 14.0. The molecule has 6 heteroatoms. The van der Waals surface area contributed by atoms with Crippen molar-refractivity contribution < 1.29 is 4.79 Å².